The molecule has 1 aliphatic rings. The third kappa shape index (κ3) is 3.09. The monoisotopic (exact) mass is 269 g/mol. The van der Waals surface area contributed by atoms with Gasteiger partial charge in [-0.15, -0.1) is 11.6 Å². The first-order valence-corrected chi connectivity index (χ1v) is 6.94. The van der Waals surface area contributed by atoms with Crippen LogP contribution >= 0.6 is 11.6 Å². The molecule has 1 aromatic rings. The zero-order valence-corrected chi connectivity index (χ0v) is 11.7. The van der Waals surface area contributed by atoms with Gasteiger partial charge in [0.05, 0.1) is 5.38 Å². The topological polar surface area (TPSA) is 21.7 Å². The van der Waals surface area contributed by atoms with Crippen LogP contribution in [0.15, 0.2) is 18.2 Å². The Hall–Kier alpha value is -0.930. The van der Waals surface area contributed by atoms with Crippen molar-refractivity contribution in [2.75, 3.05) is 32.8 Å². The van der Waals surface area contributed by atoms with E-state index in [1.165, 1.54) is 0 Å². The summed E-state index contributed by atoms with van der Waals surface area (Å²) in [6, 6.07) is 5.96. The van der Waals surface area contributed by atoms with Gasteiger partial charge in [-0.25, -0.2) is 0 Å². The van der Waals surface area contributed by atoms with E-state index in [1.807, 2.05) is 18.2 Å². The highest BCUT2D eigenvalue weighted by Gasteiger charge is 2.16. The molecule has 0 fully saturated rings. The average molecular weight is 270 g/mol. The highest BCUT2D eigenvalue weighted by molar-refractivity contribution is 6.21. The standard InChI is InChI=1S/C14H20ClNO2/c1-3-16(4-2)10-12(15)11-5-6-13-14(9-11)18-8-7-17-13/h5-6,9,12H,3-4,7-8,10H2,1-2H3. The van der Waals surface area contributed by atoms with Gasteiger partial charge < -0.3 is 14.4 Å². The van der Waals surface area contributed by atoms with E-state index in [-0.39, 0.29) is 5.38 Å². The molecule has 100 valence electrons. The Labute approximate surface area is 114 Å². The molecule has 1 aromatic carbocycles. The molecule has 1 atom stereocenters. The number of fused-ring (bicyclic) bond motifs is 1. The summed E-state index contributed by atoms with van der Waals surface area (Å²) in [6.45, 7) is 8.42. The van der Waals surface area contributed by atoms with Crippen LogP contribution in [0.1, 0.15) is 24.8 Å². The van der Waals surface area contributed by atoms with Crippen molar-refractivity contribution in [2.24, 2.45) is 0 Å². The van der Waals surface area contributed by atoms with Crippen LogP contribution in [0.25, 0.3) is 0 Å². The summed E-state index contributed by atoms with van der Waals surface area (Å²) in [5.74, 6) is 1.63. The van der Waals surface area contributed by atoms with E-state index in [0.717, 1.165) is 36.7 Å². The Balaban J connectivity index is 2.08. The van der Waals surface area contributed by atoms with Crippen LogP contribution in [0.3, 0.4) is 0 Å². The number of hydrogen-bond acceptors (Lipinski definition) is 3. The van der Waals surface area contributed by atoms with E-state index < -0.39 is 0 Å². The molecule has 0 aliphatic carbocycles. The van der Waals surface area contributed by atoms with E-state index in [4.69, 9.17) is 21.1 Å². The van der Waals surface area contributed by atoms with E-state index in [9.17, 15) is 0 Å². The fourth-order valence-electron chi connectivity index (χ4n) is 2.07. The molecule has 0 bridgehead atoms. The van der Waals surface area contributed by atoms with Gasteiger partial charge in [0.25, 0.3) is 0 Å². The van der Waals surface area contributed by atoms with Crippen LogP contribution in [-0.2, 0) is 0 Å². The zero-order valence-electron chi connectivity index (χ0n) is 11.0. The highest BCUT2D eigenvalue weighted by Crippen LogP contribution is 2.34. The Bertz CT molecular complexity index is 393. The summed E-state index contributed by atoms with van der Waals surface area (Å²) in [7, 11) is 0. The second-order valence-electron chi connectivity index (χ2n) is 4.36. The third-order valence-electron chi connectivity index (χ3n) is 3.24. The number of halogens is 1. The minimum atomic E-state index is -0.0132. The Morgan fingerprint density at radius 1 is 1.17 bits per heavy atom. The fourth-order valence-corrected chi connectivity index (χ4v) is 2.40. The Morgan fingerprint density at radius 3 is 2.50 bits per heavy atom. The van der Waals surface area contributed by atoms with Gasteiger partial charge in [0.2, 0.25) is 0 Å². The molecule has 3 nitrogen and oxygen atoms in total. The van der Waals surface area contributed by atoms with Gasteiger partial charge in [-0.1, -0.05) is 19.9 Å². The summed E-state index contributed by atoms with van der Waals surface area (Å²) in [4.78, 5) is 2.31. The second kappa shape index (κ2) is 6.30. The number of ether oxygens (including phenoxy) is 2. The summed E-state index contributed by atoms with van der Waals surface area (Å²) >= 11 is 6.46. The first kappa shape index (κ1) is 13.5. The van der Waals surface area contributed by atoms with Crippen molar-refractivity contribution >= 4 is 11.6 Å². The van der Waals surface area contributed by atoms with Crippen molar-refractivity contribution in [3.8, 4) is 11.5 Å². The maximum absolute atomic E-state index is 6.46. The molecular weight excluding hydrogens is 250 g/mol. The van der Waals surface area contributed by atoms with Gasteiger partial charge >= 0.3 is 0 Å². The number of likely N-dealkylation sites (N-methyl/N-ethyl adjacent to an activating group) is 1. The molecule has 0 N–H and O–H groups in total. The summed E-state index contributed by atoms with van der Waals surface area (Å²) in [6.07, 6.45) is 0. The maximum atomic E-state index is 6.46. The van der Waals surface area contributed by atoms with Gasteiger partial charge in [-0.3, -0.25) is 0 Å². The third-order valence-corrected chi connectivity index (χ3v) is 3.63. The lowest BCUT2D eigenvalue weighted by atomic mass is 10.1. The van der Waals surface area contributed by atoms with Crippen LogP contribution in [-0.4, -0.2) is 37.7 Å². The predicted octanol–water partition coefficient (Wildman–Crippen LogP) is 3.08. The van der Waals surface area contributed by atoms with Crippen LogP contribution in [0.5, 0.6) is 11.5 Å². The van der Waals surface area contributed by atoms with Crippen LogP contribution in [0.2, 0.25) is 0 Å². The molecule has 2 rings (SSSR count). The smallest absolute Gasteiger partial charge is 0.161 e. The summed E-state index contributed by atoms with van der Waals surface area (Å²) in [5.41, 5.74) is 1.09. The van der Waals surface area contributed by atoms with Gasteiger partial charge in [0.1, 0.15) is 13.2 Å². The van der Waals surface area contributed by atoms with E-state index in [2.05, 4.69) is 18.7 Å². The van der Waals surface area contributed by atoms with Crippen LogP contribution in [0, 0.1) is 0 Å². The molecular formula is C14H20ClNO2. The first-order chi connectivity index (χ1) is 8.74. The van der Waals surface area contributed by atoms with Crippen molar-refractivity contribution in [1.82, 2.24) is 4.90 Å². The molecule has 0 amide bonds. The van der Waals surface area contributed by atoms with E-state index in [0.29, 0.717) is 13.2 Å². The normalized spacial score (nSPS) is 15.8. The number of nitrogens with zero attached hydrogens (tertiary/aromatic N) is 1. The number of benzene rings is 1. The van der Waals surface area contributed by atoms with Gasteiger partial charge in [0.15, 0.2) is 11.5 Å². The van der Waals surface area contributed by atoms with Crippen molar-refractivity contribution in [2.45, 2.75) is 19.2 Å². The van der Waals surface area contributed by atoms with Crippen LogP contribution in [0.4, 0.5) is 0 Å². The molecule has 0 radical (unpaired) electrons. The lowest BCUT2D eigenvalue weighted by Crippen LogP contribution is -2.26. The fraction of sp³-hybridized carbons (Fsp3) is 0.571. The molecule has 1 unspecified atom stereocenters. The Kier molecular flexibility index (Phi) is 4.72. The minimum absolute atomic E-state index is 0.0132. The number of alkyl halides is 1. The maximum Gasteiger partial charge on any atom is 0.161 e. The average Bonchev–Trinajstić information content (AvgIpc) is 2.44. The number of hydrogen-bond donors (Lipinski definition) is 0. The van der Waals surface area contributed by atoms with Gasteiger partial charge in [-0.05, 0) is 30.8 Å². The molecule has 0 spiro atoms. The van der Waals surface area contributed by atoms with Crippen molar-refractivity contribution in [3.05, 3.63) is 23.8 Å². The molecule has 0 aromatic heterocycles. The van der Waals surface area contributed by atoms with Gasteiger partial charge in [-0.2, -0.15) is 0 Å². The van der Waals surface area contributed by atoms with Crippen molar-refractivity contribution < 1.29 is 9.47 Å². The minimum Gasteiger partial charge on any atom is -0.486 e. The molecule has 18 heavy (non-hydrogen) atoms. The largest absolute Gasteiger partial charge is 0.486 e. The van der Waals surface area contributed by atoms with Crippen molar-refractivity contribution in [3.63, 3.8) is 0 Å². The zero-order chi connectivity index (χ0) is 13.0. The highest BCUT2D eigenvalue weighted by atomic mass is 35.5. The lowest BCUT2D eigenvalue weighted by molar-refractivity contribution is 0.171. The predicted molar refractivity (Wildman–Crippen MR) is 73.8 cm³/mol. The summed E-state index contributed by atoms with van der Waals surface area (Å²) in [5, 5.41) is -0.0132. The molecule has 1 aliphatic heterocycles. The van der Waals surface area contributed by atoms with Gasteiger partial charge in [0, 0.05) is 6.54 Å². The molecule has 0 saturated carbocycles. The lowest BCUT2D eigenvalue weighted by Gasteiger charge is -2.23. The second-order valence-corrected chi connectivity index (χ2v) is 4.88. The molecule has 4 heteroatoms. The summed E-state index contributed by atoms with van der Waals surface area (Å²) < 4.78 is 11.1. The van der Waals surface area contributed by atoms with E-state index in [1.54, 1.807) is 0 Å². The number of rotatable bonds is 5. The molecule has 0 saturated heterocycles. The Morgan fingerprint density at radius 2 is 1.83 bits per heavy atom. The first-order valence-electron chi connectivity index (χ1n) is 6.50. The quantitative estimate of drug-likeness (QED) is 0.767. The molecule has 1 heterocycles. The SMILES string of the molecule is CCN(CC)CC(Cl)c1ccc2c(c1)OCCO2. The van der Waals surface area contributed by atoms with Crippen molar-refractivity contribution in [1.29, 1.82) is 0 Å². The van der Waals surface area contributed by atoms with Crippen LogP contribution < -0.4 is 9.47 Å². The van der Waals surface area contributed by atoms with E-state index >= 15 is 0 Å².